The van der Waals surface area contributed by atoms with Gasteiger partial charge in [0.05, 0.1) is 16.9 Å². The van der Waals surface area contributed by atoms with Gasteiger partial charge in [0, 0.05) is 6.54 Å². The second-order valence-corrected chi connectivity index (χ2v) is 9.49. The van der Waals surface area contributed by atoms with Crippen LogP contribution in [0.2, 0.25) is 0 Å². The molecule has 0 amide bonds. The van der Waals surface area contributed by atoms with Crippen LogP contribution in [0, 0.1) is 0 Å². The van der Waals surface area contributed by atoms with Gasteiger partial charge in [0.25, 0.3) is 0 Å². The minimum Gasteiger partial charge on any atom is -0.478 e. The smallest absolute Gasteiger partial charge is 0.335 e. The highest BCUT2D eigenvalue weighted by atomic mass is 32.2. The van der Waals surface area contributed by atoms with Gasteiger partial charge in [-0.2, -0.15) is 0 Å². The summed E-state index contributed by atoms with van der Waals surface area (Å²) in [6, 6.07) is 6.63. The fraction of sp³-hybridized carbons (Fsp3) is 0.650. The monoisotopic (exact) mass is 397 g/mol. The maximum absolute atomic E-state index is 12.1. The molecule has 0 radical (unpaired) electrons. The molecule has 0 bridgehead atoms. The fourth-order valence-corrected chi connectivity index (χ4v) is 4.80. The number of aliphatic hydroxyl groups is 1. The van der Waals surface area contributed by atoms with Crippen molar-refractivity contribution in [2.75, 3.05) is 12.3 Å². The molecule has 0 aliphatic heterocycles. The lowest BCUT2D eigenvalue weighted by molar-refractivity contribution is -0.00547. The molecule has 2 rings (SSSR count). The Labute approximate surface area is 162 Å². The van der Waals surface area contributed by atoms with Crippen LogP contribution in [0.25, 0.3) is 0 Å². The van der Waals surface area contributed by atoms with E-state index in [1.54, 1.807) is 24.3 Å². The molecule has 1 aliphatic rings. The van der Waals surface area contributed by atoms with Gasteiger partial charge in [-0.05, 0) is 62.6 Å². The molecule has 0 heterocycles. The van der Waals surface area contributed by atoms with Gasteiger partial charge in [-0.15, -0.1) is 0 Å². The van der Waals surface area contributed by atoms with Gasteiger partial charge in [0.2, 0.25) is 10.0 Å². The number of hydrogen-bond acceptors (Lipinski definition) is 4. The van der Waals surface area contributed by atoms with Crippen LogP contribution in [0.5, 0.6) is 0 Å². The second-order valence-electron chi connectivity index (χ2n) is 7.56. The number of unbranched alkanes of at least 4 members (excludes halogenated alkanes) is 1. The van der Waals surface area contributed by atoms with Crippen LogP contribution >= 0.6 is 0 Å². The summed E-state index contributed by atoms with van der Waals surface area (Å²) in [6.45, 7) is 0.368. The van der Waals surface area contributed by atoms with Crippen LogP contribution in [0.4, 0.5) is 0 Å². The van der Waals surface area contributed by atoms with E-state index < -0.39 is 21.6 Å². The van der Waals surface area contributed by atoms with Gasteiger partial charge >= 0.3 is 5.97 Å². The number of carboxylic acid groups (broad SMARTS) is 1. The number of aromatic carboxylic acids is 1. The summed E-state index contributed by atoms with van der Waals surface area (Å²) in [5.74, 6) is -0.860. The number of sulfonamides is 1. The molecule has 1 fully saturated rings. The van der Waals surface area contributed by atoms with Crippen LogP contribution in [0.3, 0.4) is 0 Å². The zero-order chi connectivity index (χ0) is 19.8. The second kappa shape index (κ2) is 10.2. The lowest BCUT2D eigenvalue weighted by Gasteiger charge is -2.32. The van der Waals surface area contributed by atoms with Crippen molar-refractivity contribution in [3.8, 4) is 0 Å². The van der Waals surface area contributed by atoms with Gasteiger partial charge in [0.15, 0.2) is 0 Å². The molecular formula is C20H31NO5S. The highest BCUT2D eigenvalue weighted by Gasteiger charge is 2.28. The van der Waals surface area contributed by atoms with Gasteiger partial charge in [-0.25, -0.2) is 17.9 Å². The van der Waals surface area contributed by atoms with Gasteiger partial charge in [-0.1, -0.05) is 31.4 Å². The predicted octanol–water partition coefficient (Wildman–Crippen LogP) is 3.10. The van der Waals surface area contributed by atoms with E-state index in [2.05, 4.69) is 4.72 Å². The molecule has 152 valence electrons. The lowest BCUT2D eigenvalue weighted by atomic mass is 9.81. The van der Waals surface area contributed by atoms with E-state index in [1.807, 2.05) is 0 Å². The molecule has 1 saturated carbocycles. The molecule has 7 heteroatoms. The van der Waals surface area contributed by atoms with Crippen molar-refractivity contribution in [1.82, 2.24) is 4.72 Å². The molecule has 27 heavy (non-hydrogen) atoms. The summed E-state index contributed by atoms with van der Waals surface area (Å²) < 4.78 is 26.7. The molecule has 1 aromatic carbocycles. The van der Waals surface area contributed by atoms with E-state index in [1.165, 1.54) is 6.42 Å². The van der Waals surface area contributed by atoms with Crippen LogP contribution in [0.15, 0.2) is 24.3 Å². The van der Waals surface area contributed by atoms with Crippen molar-refractivity contribution in [1.29, 1.82) is 0 Å². The minimum absolute atomic E-state index is 0.0936. The molecule has 1 aromatic rings. The Hall–Kier alpha value is -1.44. The summed E-state index contributed by atoms with van der Waals surface area (Å²) in [7, 11) is -3.29. The number of nitrogens with one attached hydrogen (secondary N) is 1. The quantitative estimate of drug-likeness (QED) is 0.498. The Morgan fingerprint density at radius 1 is 1.04 bits per heavy atom. The van der Waals surface area contributed by atoms with Crippen molar-refractivity contribution in [3.63, 3.8) is 0 Å². The van der Waals surface area contributed by atoms with E-state index in [-0.39, 0.29) is 11.3 Å². The topological polar surface area (TPSA) is 104 Å². The summed E-state index contributed by atoms with van der Waals surface area (Å²) in [4.78, 5) is 10.8. The van der Waals surface area contributed by atoms with Crippen molar-refractivity contribution >= 4 is 16.0 Å². The molecule has 3 N–H and O–H groups in total. The van der Waals surface area contributed by atoms with Crippen LogP contribution in [-0.4, -0.2) is 42.5 Å². The van der Waals surface area contributed by atoms with E-state index >= 15 is 0 Å². The van der Waals surface area contributed by atoms with Crippen molar-refractivity contribution in [2.24, 2.45) is 0 Å². The standard InChI is InChI=1S/C20H31NO5S/c22-19(23)18-10-8-17(9-11-18)7-6-15-21-27(25,26)16-5-4-14-20(24)12-2-1-3-13-20/h8-11,21,24H,1-7,12-16H2,(H,22,23). The normalized spacial score (nSPS) is 16.9. The first-order valence-corrected chi connectivity index (χ1v) is 11.5. The Kier molecular flexibility index (Phi) is 8.26. The summed E-state index contributed by atoms with van der Waals surface area (Å²) in [5.41, 5.74) is 0.656. The van der Waals surface area contributed by atoms with Gasteiger partial charge in [0.1, 0.15) is 0 Å². The summed E-state index contributed by atoms with van der Waals surface area (Å²) in [5, 5.41) is 19.3. The predicted molar refractivity (Wildman–Crippen MR) is 105 cm³/mol. The maximum Gasteiger partial charge on any atom is 0.335 e. The number of benzene rings is 1. The first-order chi connectivity index (χ1) is 12.8. The summed E-state index contributed by atoms with van der Waals surface area (Å²) >= 11 is 0. The zero-order valence-corrected chi connectivity index (χ0v) is 16.6. The number of aryl methyl sites for hydroxylation is 1. The third kappa shape index (κ3) is 7.99. The van der Waals surface area contributed by atoms with E-state index in [9.17, 15) is 18.3 Å². The van der Waals surface area contributed by atoms with Crippen molar-refractivity contribution in [2.45, 2.75) is 69.8 Å². The van der Waals surface area contributed by atoms with Gasteiger partial charge in [-0.3, -0.25) is 0 Å². The Morgan fingerprint density at radius 2 is 1.70 bits per heavy atom. The fourth-order valence-electron chi connectivity index (χ4n) is 3.61. The SMILES string of the molecule is O=C(O)c1ccc(CCCNS(=O)(=O)CCCCC2(O)CCCCC2)cc1. The third-order valence-electron chi connectivity index (χ3n) is 5.25. The minimum atomic E-state index is -3.29. The molecule has 0 saturated heterocycles. The van der Waals surface area contributed by atoms with Crippen molar-refractivity contribution in [3.05, 3.63) is 35.4 Å². The number of rotatable bonds is 11. The van der Waals surface area contributed by atoms with Crippen molar-refractivity contribution < 1.29 is 23.4 Å². The average Bonchev–Trinajstić information content (AvgIpc) is 2.63. The number of carboxylic acids is 1. The van der Waals surface area contributed by atoms with Crippen LogP contribution < -0.4 is 4.72 Å². The van der Waals surface area contributed by atoms with E-state index in [0.717, 1.165) is 37.7 Å². The highest BCUT2D eigenvalue weighted by molar-refractivity contribution is 7.89. The molecule has 0 aromatic heterocycles. The van der Waals surface area contributed by atoms with E-state index in [0.29, 0.717) is 32.2 Å². The molecule has 0 unspecified atom stereocenters. The first-order valence-electron chi connectivity index (χ1n) is 9.82. The lowest BCUT2D eigenvalue weighted by Crippen LogP contribution is -2.31. The molecule has 1 aliphatic carbocycles. The van der Waals surface area contributed by atoms with E-state index in [4.69, 9.17) is 5.11 Å². The average molecular weight is 398 g/mol. The Bertz CT molecular complexity index is 694. The first kappa shape index (κ1) is 21.9. The molecular weight excluding hydrogens is 366 g/mol. The summed E-state index contributed by atoms with van der Waals surface area (Å²) in [6.07, 6.45) is 8.32. The third-order valence-corrected chi connectivity index (χ3v) is 6.72. The molecule has 6 nitrogen and oxygen atoms in total. The largest absolute Gasteiger partial charge is 0.478 e. The molecule has 0 spiro atoms. The molecule has 0 atom stereocenters. The number of hydrogen-bond donors (Lipinski definition) is 3. The number of carbonyl (C=O) groups is 1. The van der Waals surface area contributed by atoms with Gasteiger partial charge < -0.3 is 10.2 Å². The van der Waals surface area contributed by atoms with Crippen LogP contribution in [-0.2, 0) is 16.4 Å². The highest BCUT2D eigenvalue weighted by Crippen LogP contribution is 2.32. The Balaban J connectivity index is 1.61. The maximum atomic E-state index is 12.1. The van der Waals surface area contributed by atoms with Crippen LogP contribution in [0.1, 0.15) is 73.7 Å². The zero-order valence-electron chi connectivity index (χ0n) is 15.8. The Morgan fingerprint density at radius 3 is 2.33 bits per heavy atom.